The van der Waals surface area contributed by atoms with Gasteiger partial charge in [0.1, 0.15) is 5.75 Å². The predicted octanol–water partition coefficient (Wildman–Crippen LogP) is 5.39. The van der Waals surface area contributed by atoms with E-state index in [0.717, 1.165) is 29.0 Å². The molecule has 4 nitrogen and oxygen atoms in total. The predicted molar refractivity (Wildman–Crippen MR) is 117 cm³/mol. The second kappa shape index (κ2) is 13.6. The van der Waals surface area contributed by atoms with Crippen LogP contribution in [0.4, 0.5) is 0 Å². The first-order valence-corrected chi connectivity index (χ1v) is 9.21. The van der Waals surface area contributed by atoms with E-state index in [1.54, 1.807) is 26.4 Å². The molecule has 0 amide bonds. The van der Waals surface area contributed by atoms with Crippen LogP contribution in [0.1, 0.15) is 48.2 Å². The minimum atomic E-state index is 0.579. The molecule has 0 spiro atoms. The van der Waals surface area contributed by atoms with Gasteiger partial charge in [0, 0.05) is 30.2 Å². The second-order valence-electron chi connectivity index (χ2n) is 6.32. The van der Waals surface area contributed by atoms with Crippen LogP contribution < -0.4 is 10.1 Å². The molecule has 2 rings (SSSR count). The highest BCUT2D eigenvalue weighted by Gasteiger charge is 2.01. The van der Waals surface area contributed by atoms with Gasteiger partial charge in [-0.2, -0.15) is 0 Å². The van der Waals surface area contributed by atoms with E-state index in [0.29, 0.717) is 5.71 Å². The van der Waals surface area contributed by atoms with Gasteiger partial charge >= 0.3 is 0 Å². The van der Waals surface area contributed by atoms with E-state index >= 15 is 0 Å². The fourth-order valence-corrected chi connectivity index (χ4v) is 2.42. The molecule has 1 aromatic heterocycles. The minimum Gasteiger partial charge on any atom is -0.496 e. The van der Waals surface area contributed by atoms with Crippen molar-refractivity contribution in [2.75, 3.05) is 14.2 Å². The third-order valence-electron chi connectivity index (χ3n) is 3.82. The van der Waals surface area contributed by atoms with Crippen LogP contribution in [0.3, 0.4) is 0 Å². The Morgan fingerprint density at radius 1 is 1.26 bits per heavy atom. The van der Waals surface area contributed by atoms with Gasteiger partial charge in [-0.25, -0.2) is 0 Å². The number of pyridine rings is 1. The Morgan fingerprint density at radius 2 is 1.89 bits per heavy atom. The van der Waals surface area contributed by atoms with Gasteiger partial charge in [-0.05, 0) is 69.1 Å². The van der Waals surface area contributed by atoms with Crippen molar-refractivity contribution in [2.45, 2.75) is 47.5 Å². The molecule has 0 bridgehead atoms. The van der Waals surface area contributed by atoms with E-state index in [1.165, 1.54) is 17.5 Å². The number of rotatable bonds is 5. The molecule has 0 aliphatic rings. The quantitative estimate of drug-likeness (QED) is 0.695. The first kappa shape index (κ1) is 24.4. The molecule has 0 atom stereocenters. The Bertz CT molecular complexity index is 724. The molecule has 148 valence electrons. The van der Waals surface area contributed by atoms with Crippen LogP contribution in [0.5, 0.6) is 5.75 Å². The largest absolute Gasteiger partial charge is 0.496 e. The standard InChI is InChI=1S/C11H16O.C9H12N2.C3H7N/c1-4-5-10-7-6-9(2)8-11(10)12-3;1-6-4-7(2)11-5-9(6)8(3)10;1-3-4-2/h6-8H,4-5H2,1-3H3;4-5,10H,1-3H3;3-4H,1H2,2H3. The summed E-state index contributed by atoms with van der Waals surface area (Å²) in [7, 11) is 3.54. The molecule has 1 heterocycles. The van der Waals surface area contributed by atoms with Crippen molar-refractivity contribution in [1.82, 2.24) is 10.3 Å². The molecule has 0 saturated carbocycles. The zero-order chi connectivity index (χ0) is 20.8. The van der Waals surface area contributed by atoms with Gasteiger partial charge in [0.05, 0.1) is 7.11 Å². The molecule has 2 aromatic rings. The Hall–Kier alpha value is -2.62. The highest BCUT2D eigenvalue weighted by molar-refractivity contribution is 5.97. The highest BCUT2D eigenvalue weighted by Crippen LogP contribution is 2.20. The van der Waals surface area contributed by atoms with E-state index in [2.05, 4.69) is 48.9 Å². The van der Waals surface area contributed by atoms with Gasteiger partial charge < -0.3 is 15.5 Å². The normalized spacial score (nSPS) is 9.15. The fraction of sp³-hybridized carbons (Fsp3) is 0.391. The highest BCUT2D eigenvalue weighted by atomic mass is 16.5. The van der Waals surface area contributed by atoms with Crippen LogP contribution in [0, 0.1) is 26.2 Å². The third-order valence-corrected chi connectivity index (χ3v) is 3.82. The van der Waals surface area contributed by atoms with Crippen molar-refractivity contribution in [2.24, 2.45) is 0 Å². The van der Waals surface area contributed by atoms with E-state index in [1.807, 2.05) is 27.0 Å². The Labute approximate surface area is 165 Å². The van der Waals surface area contributed by atoms with Crippen molar-refractivity contribution in [3.63, 3.8) is 0 Å². The van der Waals surface area contributed by atoms with E-state index < -0.39 is 0 Å². The number of nitrogens with one attached hydrogen (secondary N) is 2. The zero-order valence-corrected chi connectivity index (χ0v) is 17.9. The van der Waals surface area contributed by atoms with Crippen molar-refractivity contribution in [3.05, 3.63) is 71.2 Å². The Morgan fingerprint density at radius 3 is 2.33 bits per heavy atom. The van der Waals surface area contributed by atoms with Gasteiger partial charge in [-0.3, -0.25) is 4.98 Å². The summed E-state index contributed by atoms with van der Waals surface area (Å²) in [6, 6.07) is 8.36. The zero-order valence-electron chi connectivity index (χ0n) is 17.9. The van der Waals surface area contributed by atoms with Crippen molar-refractivity contribution < 1.29 is 4.74 Å². The molecule has 2 N–H and O–H groups in total. The number of aromatic nitrogens is 1. The summed E-state index contributed by atoms with van der Waals surface area (Å²) in [6.07, 6.45) is 5.65. The second-order valence-corrected chi connectivity index (χ2v) is 6.32. The Balaban J connectivity index is 0.000000421. The summed E-state index contributed by atoms with van der Waals surface area (Å²) >= 11 is 0. The summed E-state index contributed by atoms with van der Waals surface area (Å²) in [6.45, 7) is 13.4. The molecule has 4 heteroatoms. The van der Waals surface area contributed by atoms with Gasteiger partial charge in [-0.1, -0.05) is 32.1 Å². The summed E-state index contributed by atoms with van der Waals surface area (Å²) < 4.78 is 5.28. The average molecular weight is 370 g/mol. The molecular formula is C23H35N3O. The van der Waals surface area contributed by atoms with Crippen LogP contribution >= 0.6 is 0 Å². The van der Waals surface area contributed by atoms with Crippen molar-refractivity contribution in [3.8, 4) is 5.75 Å². The number of aryl methyl sites for hydroxylation is 4. The van der Waals surface area contributed by atoms with Gasteiger partial charge in [0.25, 0.3) is 0 Å². The molecule has 0 unspecified atom stereocenters. The monoisotopic (exact) mass is 369 g/mol. The Kier molecular flexibility index (Phi) is 12.2. The summed E-state index contributed by atoms with van der Waals surface area (Å²) in [5.41, 5.74) is 6.22. The lowest BCUT2D eigenvalue weighted by atomic mass is 10.1. The van der Waals surface area contributed by atoms with Gasteiger partial charge in [-0.15, -0.1) is 0 Å². The van der Waals surface area contributed by atoms with Crippen LogP contribution in [0.25, 0.3) is 0 Å². The van der Waals surface area contributed by atoms with E-state index in [-0.39, 0.29) is 0 Å². The molecule has 27 heavy (non-hydrogen) atoms. The van der Waals surface area contributed by atoms with Gasteiger partial charge in [0.15, 0.2) is 0 Å². The lowest BCUT2D eigenvalue weighted by Crippen LogP contribution is -1.97. The smallest absolute Gasteiger partial charge is 0.122 e. The number of ether oxygens (including phenoxy) is 1. The van der Waals surface area contributed by atoms with E-state index in [4.69, 9.17) is 10.1 Å². The lowest BCUT2D eigenvalue weighted by molar-refractivity contribution is 0.409. The first-order valence-electron chi connectivity index (χ1n) is 9.21. The van der Waals surface area contributed by atoms with Crippen molar-refractivity contribution >= 4 is 5.71 Å². The lowest BCUT2D eigenvalue weighted by Gasteiger charge is -2.07. The van der Waals surface area contributed by atoms with Gasteiger partial charge in [0.2, 0.25) is 0 Å². The fourth-order valence-electron chi connectivity index (χ4n) is 2.42. The molecule has 0 aliphatic heterocycles. The molecule has 1 aromatic carbocycles. The number of hydrogen-bond donors (Lipinski definition) is 2. The summed E-state index contributed by atoms with van der Waals surface area (Å²) in [4.78, 5) is 4.12. The number of hydrogen-bond acceptors (Lipinski definition) is 4. The SMILES string of the molecule is C=CNC.CC(=N)c1cnc(C)cc1C.CCCc1ccc(C)cc1OC. The van der Waals surface area contributed by atoms with Crippen LogP contribution in [0.15, 0.2) is 43.2 Å². The molecular weight excluding hydrogens is 334 g/mol. The maximum Gasteiger partial charge on any atom is 0.122 e. The minimum absolute atomic E-state index is 0.579. The molecule has 0 radical (unpaired) electrons. The van der Waals surface area contributed by atoms with Crippen LogP contribution in [-0.4, -0.2) is 24.9 Å². The summed E-state index contributed by atoms with van der Waals surface area (Å²) in [5, 5.41) is 10.1. The number of methoxy groups -OCH3 is 1. The topological polar surface area (TPSA) is 58.0 Å². The number of benzene rings is 1. The summed E-state index contributed by atoms with van der Waals surface area (Å²) in [5.74, 6) is 1.02. The van der Waals surface area contributed by atoms with Crippen molar-refractivity contribution in [1.29, 1.82) is 5.41 Å². The number of nitrogens with zero attached hydrogens (tertiary/aromatic N) is 1. The maximum absolute atomic E-state index is 7.41. The molecule has 0 aliphatic carbocycles. The first-order chi connectivity index (χ1) is 12.8. The average Bonchev–Trinajstić information content (AvgIpc) is 2.63. The molecule has 0 saturated heterocycles. The molecule has 0 fully saturated rings. The maximum atomic E-state index is 7.41. The van der Waals surface area contributed by atoms with Crippen LogP contribution in [-0.2, 0) is 6.42 Å². The van der Waals surface area contributed by atoms with E-state index in [9.17, 15) is 0 Å². The van der Waals surface area contributed by atoms with Crippen LogP contribution in [0.2, 0.25) is 0 Å². The third kappa shape index (κ3) is 9.59.